The fourth-order valence-electron chi connectivity index (χ4n) is 1.49. The lowest BCUT2D eigenvalue weighted by molar-refractivity contribution is 0.101. The van der Waals surface area contributed by atoms with Gasteiger partial charge in [0.05, 0.1) is 24.4 Å². The molecule has 0 bridgehead atoms. The highest BCUT2D eigenvalue weighted by Crippen LogP contribution is 2.04. The molecule has 2 heterocycles. The second-order valence-electron chi connectivity index (χ2n) is 3.54. The summed E-state index contributed by atoms with van der Waals surface area (Å²) in [6, 6.07) is 0. The van der Waals surface area contributed by atoms with E-state index in [9.17, 15) is 9.59 Å². The summed E-state index contributed by atoms with van der Waals surface area (Å²) in [5, 5.41) is 4.03. The fourth-order valence-corrected chi connectivity index (χ4v) is 1.49. The van der Waals surface area contributed by atoms with Crippen molar-refractivity contribution in [3.8, 4) is 0 Å². The predicted molar refractivity (Wildman–Crippen MR) is 57.4 cm³/mol. The molecule has 0 saturated carbocycles. The van der Waals surface area contributed by atoms with E-state index < -0.39 is 11.2 Å². The van der Waals surface area contributed by atoms with E-state index >= 15 is 0 Å². The number of methoxy groups -OCH3 is 1. The van der Waals surface area contributed by atoms with Crippen LogP contribution in [0, 0.1) is 0 Å². The monoisotopic (exact) mass is 224 g/mol. The molecule has 2 aromatic heterocycles. The molecule has 2 N–H and O–H groups in total. The Bertz CT molecular complexity index is 609. The van der Waals surface area contributed by atoms with Gasteiger partial charge < -0.3 is 9.72 Å². The van der Waals surface area contributed by atoms with Gasteiger partial charge in [-0.2, -0.15) is 5.10 Å². The number of aromatic nitrogens is 4. The van der Waals surface area contributed by atoms with Gasteiger partial charge in [0, 0.05) is 7.11 Å². The summed E-state index contributed by atoms with van der Waals surface area (Å²) < 4.78 is 6.60. The predicted octanol–water partition coefficient (Wildman–Crippen LogP) is -0.552. The number of nitrogens with zero attached hydrogens (tertiary/aromatic N) is 2. The molecule has 0 fully saturated rings. The van der Waals surface area contributed by atoms with Crippen molar-refractivity contribution < 1.29 is 4.74 Å². The topological polar surface area (TPSA) is 92.8 Å². The molecule has 2 aromatic rings. The van der Waals surface area contributed by atoms with E-state index in [1.165, 1.54) is 10.9 Å². The Hall–Kier alpha value is -1.89. The molecule has 0 aromatic carbocycles. The number of aromatic amines is 2. The van der Waals surface area contributed by atoms with Crippen LogP contribution in [-0.2, 0) is 11.3 Å². The van der Waals surface area contributed by atoms with E-state index in [1.54, 1.807) is 7.11 Å². The molecule has 0 radical (unpaired) electrons. The van der Waals surface area contributed by atoms with E-state index in [-0.39, 0.29) is 6.10 Å². The first-order valence-electron chi connectivity index (χ1n) is 4.82. The van der Waals surface area contributed by atoms with Crippen molar-refractivity contribution >= 4 is 11.0 Å². The average Bonchev–Trinajstić information content (AvgIpc) is 2.61. The standard InChI is InChI=1S/C9H12N4O3/c1-5(16-2)4-13-7-6(3-10-13)11-9(15)12-8(7)14/h3,5H,4H2,1-2H3,(H2,11,12,14,15)/t5-/m0/s1. The van der Waals surface area contributed by atoms with Crippen LogP contribution in [0.25, 0.3) is 11.0 Å². The van der Waals surface area contributed by atoms with Crippen LogP contribution in [-0.4, -0.2) is 33.0 Å². The Morgan fingerprint density at radius 3 is 2.94 bits per heavy atom. The second-order valence-corrected chi connectivity index (χ2v) is 3.54. The van der Waals surface area contributed by atoms with Gasteiger partial charge in [-0.3, -0.25) is 14.5 Å². The smallest absolute Gasteiger partial charge is 0.326 e. The van der Waals surface area contributed by atoms with Crippen molar-refractivity contribution in [2.75, 3.05) is 7.11 Å². The molecule has 1 atom stereocenters. The third-order valence-corrected chi connectivity index (χ3v) is 2.36. The molecule has 0 spiro atoms. The van der Waals surface area contributed by atoms with E-state index in [1.807, 2.05) is 6.92 Å². The summed E-state index contributed by atoms with van der Waals surface area (Å²) in [5.41, 5.74) is -0.197. The minimum absolute atomic E-state index is 0.0607. The summed E-state index contributed by atoms with van der Waals surface area (Å²) in [6.45, 7) is 2.32. The Morgan fingerprint density at radius 2 is 2.25 bits per heavy atom. The van der Waals surface area contributed by atoms with Crippen LogP contribution in [0.4, 0.5) is 0 Å². The van der Waals surface area contributed by atoms with Gasteiger partial charge in [-0.15, -0.1) is 0 Å². The van der Waals surface area contributed by atoms with Crippen molar-refractivity contribution in [3.05, 3.63) is 27.0 Å². The molecule has 7 heteroatoms. The zero-order chi connectivity index (χ0) is 11.7. The van der Waals surface area contributed by atoms with Gasteiger partial charge in [0.2, 0.25) is 0 Å². The maximum atomic E-state index is 11.6. The number of H-pyrrole nitrogens is 2. The molecule has 16 heavy (non-hydrogen) atoms. The molecule has 0 unspecified atom stereocenters. The molecule has 0 amide bonds. The van der Waals surface area contributed by atoms with Gasteiger partial charge >= 0.3 is 5.69 Å². The molecular formula is C9H12N4O3. The van der Waals surface area contributed by atoms with Crippen molar-refractivity contribution in [2.24, 2.45) is 0 Å². The van der Waals surface area contributed by atoms with E-state index in [4.69, 9.17) is 4.74 Å². The third kappa shape index (κ3) is 1.76. The van der Waals surface area contributed by atoms with Gasteiger partial charge in [0.25, 0.3) is 5.56 Å². The lowest BCUT2D eigenvalue weighted by atomic mass is 10.4. The van der Waals surface area contributed by atoms with E-state index in [0.717, 1.165) is 0 Å². The molecule has 2 rings (SSSR count). The number of nitrogens with one attached hydrogen (secondary N) is 2. The molecule has 0 aliphatic rings. The Labute approximate surface area is 90.1 Å². The lowest BCUT2D eigenvalue weighted by Crippen LogP contribution is -2.25. The number of hydrogen-bond acceptors (Lipinski definition) is 4. The minimum Gasteiger partial charge on any atom is -0.380 e. The van der Waals surface area contributed by atoms with Crippen molar-refractivity contribution in [3.63, 3.8) is 0 Å². The summed E-state index contributed by atoms with van der Waals surface area (Å²) >= 11 is 0. The normalized spacial score (nSPS) is 13.1. The van der Waals surface area contributed by atoms with Crippen LogP contribution >= 0.6 is 0 Å². The summed E-state index contributed by atoms with van der Waals surface area (Å²) in [4.78, 5) is 27.3. The second kappa shape index (κ2) is 3.93. The van der Waals surface area contributed by atoms with Crippen LogP contribution in [0.2, 0.25) is 0 Å². The van der Waals surface area contributed by atoms with Gasteiger partial charge in [-0.1, -0.05) is 0 Å². The summed E-state index contributed by atoms with van der Waals surface area (Å²) in [5.74, 6) is 0. The largest absolute Gasteiger partial charge is 0.380 e. The maximum Gasteiger partial charge on any atom is 0.326 e. The van der Waals surface area contributed by atoms with Crippen LogP contribution in [0.15, 0.2) is 15.8 Å². The number of hydrogen-bond donors (Lipinski definition) is 2. The van der Waals surface area contributed by atoms with Gasteiger partial charge in [0.1, 0.15) is 5.52 Å². The zero-order valence-corrected chi connectivity index (χ0v) is 8.98. The molecule has 0 aliphatic carbocycles. The minimum atomic E-state index is -0.531. The highest BCUT2D eigenvalue weighted by Gasteiger charge is 2.10. The van der Waals surface area contributed by atoms with Crippen LogP contribution in [0.5, 0.6) is 0 Å². The molecule has 7 nitrogen and oxygen atoms in total. The first-order valence-corrected chi connectivity index (χ1v) is 4.82. The first kappa shape index (κ1) is 10.6. The molecular weight excluding hydrogens is 212 g/mol. The van der Waals surface area contributed by atoms with E-state index in [0.29, 0.717) is 17.6 Å². The van der Waals surface area contributed by atoms with E-state index in [2.05, 4.69) is 15.1 Å². The Morgan fingerprint density at radius 1 is 1.50 bits per heavy atom. The average molecular weight is 224 g/mol. The van der Waals surface area contributed by atoms with Crippen molar-refractivity contribution in [2.45, 2.75) is 19.6 Å². The first-order chi connectivity index (χ1) is 7.61. The van der Waals surface area contributed by atoms with Crippen LogP contribution < -0.4 is 11.2 Å². The number of fused-ring (bicyclic) bond motifs is 1. The molecule has 86 valence electrons. The van der Waals surface area contributed by atoms with Crippen molar-refractivity contribution in [1.82, 2.24) is 19.7 Å². The summed E-state index contributed by atoms with van der Waals surface area (Å²) in [7, 11) is 1.59. The zero-order valence-electron chi connectivity index (χ0n) is 8.98. The maximum absolute atomic E-state index is 11.6. The SMILES string of the molecule is CO[C@@H](C)Cn1ncc2[nH]c(=O)[nH]c(=O)c21. The van der Waals surface area contributed by atoms with Gasteiger partial charge in [0.15, 0.2) is 0 Å². The van der Waals surface area contributed by atoms with Crippen molar-refractivity contribution in [1.29, 1.82) is 0 Å². The Kier molecular flexibility index (Phi) is 2.61. The van der Waals surface area contributed by atoms with Gasteiger partial charge in [-0.05, 0) is 6.92 Å². The lowest BCUT2D eigenvalue weighted by Gasteiger charge is -2.09. The molecule has 0 aliphatic heterocycles. The summed E-state index contributed by atoms with van der Waals surface area (Å²) in [6.07, 6.45) is 1.39. The highest BCUT2D eigenvalue weighted by atomic mass is 16.5. The Balaban J connectivity index is 2.56. The molecule has 0 saturated heterocycles. The van der Waals surface area contributed by atoms with Crippen LogP contribution in [0.1, 0.15) is 6.92 Å². The van der Waals surface area contributed by atoms with Crippen LogP contribution in [0.3, 0.4) is 0 Å². The fraction of sp³-hybridized carbons (Fsp3) is 0.444. The number of rotatable bonds is 3. The highest BCUT2D eigenvalue weighted by molar-refractivity contribution is 5.72. The van der Waals surface area contributed by atoms with Gasteiger partial charge in [-0.25, -0.2) is 4.79 Å². The third-order valence-electron chi connectivity index (χ3n) is 2.36. The number of ether oxygens (including phenoxy) is 1. The quantitative estimate of drug-likeness (QED) is 0.731.